The standard InChI is InChI=1S/C19H19NO5/c21-11-14-6-7-15(10-16(14)17(22)23)19(8-9-19)20-18(24)25-12-13-4-2-1-3-5-13/h1-7,10,21H,8-9,11-12H2,(H,20,24)(H,22,23). The summed E-state index contributed by atoms with van der Waals surface area (Å²) in [6.07, 6.45) is 0.889. The van der Waals surface area contributed by atoms with E-state index in [1.165, 1.54) is 6.07 Å². The minimum absolute atomic E-state index is 0.0470. The maximum absolute atomic E-state index is 12.1. The Hall–Kier alpha value is -2.86. The molecule has 0 saturated heterocycles. The minimum Gasteiger partial charge on any atom is -0.478 e. The van der Waals surface area contributed by atoms with Crippen LogP contribution in [0, 0.1) is 0 Å². The fourth-order valence-electron chi connectivity index (χ4n) is 2.78. The topological polar surface area (TPSA) is 95.9 Å². The van der Waals surface area contributed by atoms with Crippen LogP contribution < -0.4 is 5.32 Å². The van der Waals surface area contributed by atoms with Gasteiger partial charge in [0.1, 0.15) is 6.61 Å². The Morgan fingerprint density at radius 2 is 1.84 bits per heavy atom. The summed E-state index contributed by atoms with van der Waals surface area (Å²) < 4.78 is 5.24. The van der Waals surface area contributed by atoms with Crippen LogP contribution in [0.1, 0.15) is 39.9 Å². The van der Waals surface area contributed by atoms with E-state index >= 15 is 0 Å². The smallest absolute Gasteiger partial charge is 0.408 e. The molecule has 2 aromatic rings. The van der Waals surface area contributed by atoms with Gasteiger partial charge in [0.2, 0.25) is 0 Å². The van der Waals surface area contributed by atoms with Crippen LogP contribution in [0.5, 0.6) is 0 Å². The highest BCUT2D eigenvalue weighted by Gasteiger charge is 2.46. The Bertz CT molecular complexity index is 784. The van der Waals surface area contributed by atoms with Gasteiger partial charge in [-0.15, -0.1) is 0 Å². The van der Waals surface area contributed by atoms with Crippen molar-refractivity contribution in [1.29, 1.82) is 0 Å². The second kappa shape index (κ2) is 6.94. The number of benzene rings is 2. The van der Waals surface area contributed by atoms with Gasteiger partial charge in [0, 0.05) is 0 Å². The van der Waals surface area contributed by atoms with E-state index in [-0.39, 0.29) is 18.8 Å². The fraction of sp³-hybridized carbons (Fsp3) is 0.263. The number of rotatable bonds is 6. The lowest BCUT2D eigenvalue weighted by atomic mass is 9.98. The van der Waals surface area contributed by atoms with Crippen LogP contribution in [0.4, 0.5) is 4.79 Å². The summed E-state index contributed by atoms with van der Waals surface area (Å²) in [6, 6.07) is 14.2. The lowest BCUT2D eigenvalue weighted by Gasteiger charge is -2.19. The molecule has 1 saturated carbocycles. The largest absolute Gasteiger partial charge is 0.478 e. The quantitative estimate of drug-likeness (QED) is 0.751. The first kappa shape index (κ1) is 17.0. The molecule has 3 rings (SSSR count). The molecule has 0 radical (unpaired) electrons. The number of carboxylic acids is 1. The summed E-state index contributed by atoms with van der Waals surface area (Å²) in [5.41, 5.74) is 1.40. The molecule has 0 bridgehead atoms. The Morgan fingerprint density at radius 3 is 2.44 bits per heavy atom. The maximum Gasteiger partial charge on any atom is 0.408 e. The molecule has 0 aliphatic heterocycles. The Balaban J connectivity index is 1.69. The molecule has 3 N–H and O–H groups in total. The second-order valence-electron chi connectivity index (χ2n) is 6.10. The zero-order valence-corrected chi connectivity index (χ0v) is 13.6. The van der Waals surface area contributed by atoms with Crippen molar-refractivity contribution in [2.45, 2.75) is 31.6 Å². The first-order chi connectivity index (χ1) is 12.0. The van der Waals surface area contributed by atoms with Crippen molar-refractivity contribution < 1.29 is 24.5 Å². The number of carbonyl (C=O) groups excluding carboxylic acids is 1. The van der Waals surface area contributed by atoms with E-state index in [1.807, 2.05) is 30.3 Å². The molecule has 1 aliphatic carbocycles. The number of aliphatic hydroxyl groups excluding tert-OH is 1. The highest BCUT2D eigenvalue weighted by atomic mass is 16.5. The van der Waals surface area contributed by atoms with Gasteiger partial charge in [-0.1, -0.05) is 42.5 Å². The number of carboxylic acid groups (broad SMARTS) is 1. The van der Waals surface area contributed by atoms with Gasteiger partial charge in [0.15, 0.2) is 0 Å². The number of hydrogen-bond acceptors (Lipinski definition) is 4. The van der Waals surface area contributed by atoms with Crippen LogP contribution in [-0.4, -0.2) is 22.3 Å². The van der Waals surface area contributed by atoms with Crippen LogP contribution in [0.15, 0.2) is 48.5 Å². The predicted octanol–water partition coefficient (Wildman–Crippen LogP) is 2.79. The van der Waals surface area contributed by atoms with Gasteiger partial charge in [0.05, 0.1) is 17.7 Å². The van der Waals surface area contributed by atoms with Gasteiger partial charge < -0.3 is 20.3 Å². The summed E-state index contributed by atoms with van der Waals surface area (Å²) in [4.78, 5) is 23.4. The summed E-state index contributed by atoms with van der Waals surface area (Å²) in [5.74, 6) is -1.10. The van der Waals surface area contributed by atoms with Crippen LogP contribution >= 0.6 is 0 Å². The number of aliphatic hydroxyl groups is 1. The molecule has 0 heterocycles. The summed E-state index contributed by atoms with van der Waals surface area (Å²) in [5, 5.41) is 21.4. The van der Waals surface area contributed by atoms with Crippen molar-refractivity contribution in [2.24, 2.45) is 0 Å². The minimum atomic E-state index is -1.10. The maximum atomic E-state index is 12.1. The number of amides is 1. The van der Waals surface area contributed by atoms with Crippen molar-refractivity contribution in [3.8, 4) is 0 Å². The highest BCUT2D eigenvalue weighted by molar-refractivity contribution is 5.89. The predicted molar refractivity (Wildman–Crippen MR) is 90.0 cm³/mol. The number of ether oxygens (including phenoxy) is 1. The molecule has 6 nitrogen and oxygen atoms in total. The van der Waals surface area contributed by atoms with Crippen molar-refractivity contribution >= 4 is 12.1 Å². The van der Waals surface area contributed by atoms with Gasteiger partial charge in [-0.3, -0.25) is 0 Å². The lowest BCUT2D eigenvalue weighted by Crippen LogP contribution is -2.35. The van der Waals surface area contributed by atoms with E-state index in [0.717, 1.165) is 5.56 Å². The fourth-order valence-corrected chi connectivity index (χ4v) is 2.78. The van der Waals surface area contributed by atoms with Crippen LogP contribution in [0.25, 0.3) is 0 Å². The molecule has 1 amide bonds. The van der Waals surface area contributed by atoms with Crippen molar-refractivity contribution in [2.75, 3.05) is 0 Å². The van der Waals surface area contributed by atoms with E-state index in [0.29, 0.717) is 24.0 Å². The van der Waals surface area contributed by atoms with Crippen molar-refractivity contribution in [1.82, 2.24) is 5.32 Å². The molecule has 0 aromatic heterocycles. The van der Waals surface area contributed by atoms with Gasteiger partial charge in [-0.25, -0.2) is 9.59 Å². The zero-order chi connectivity index (χ0) is 17.9. The third kappa shape index (κ3) is 3.80. The van der Waals surface area contributed by atoms with Gasteiger partial charge >= 0.3 is 12.1 Å². The number of carbonyl (C=O) groups is 2. The average Bonchev–Trinajstić information content (AvgIpc) is 3.41. The van der Waals surface area contributed by atoms with E-state index in [2.05, 4.69) is 5.32 Å². The monoisotopic (exact) mass is 341 g/mol. The summed E-state index contributed by atoms with van der Waals surface area (Å²) in [6.45, 7) is -0.173. The molecule has 2 aromatic carbocycles. The van der Waals surface area contributed by atoms with E-state index < -0.39 is 17.6 Å². The average molecular weight is 341 g/mol. The van der Waals surface area contributed by atoms with Crippen LogP contribution in [0.2, 0.25) is 0 Å². The number of hydrogen-bond donors (Lipinski definition) is 3. The normalized spacial score (nSPS) is 14.6. The first-order valence-electron chi connectivity index (χ1n) is 8.00. The third-order valence-corrected chi connectivity index (χ3v) is 4.37. The van der Waals surface area contributed by atoms with Crippen LogP contribution in [0.3, 0.4) is 0 Å². The molecular weight excluding hydrogens is 322 g/mol. The summed E-state index contributed by atoms with van der Waals surface area (Å²) in [7, 11) is 0. The van der Waals surface area contributed by atoms with Crippen LogP contribution in [-0.2, 0) is 23.5 Å². The van der Waals surface area contributed by atoms with E-state index in [1.54, 1.807) is 12.1 Å². The molecule has 25 heavy (non-hydrogen) atoms. The number of alkyl carbamates (subject to hydrolysis) is 1. The highest BCUT2D eigenvalue weighted by Crippen LogP contribution is 2.46. The van der Waals surface area contributed by atoms with E-state index in [4.69, 9.17) is 4.74 Å². The second-order valence-corrected chi connectivity index (χ2v) is 6.10. The molecular formula is C19H19NO5. The van der Waals surface area contributed by atoms with Gasteiger partial charge in [-0.05, 0) is 35.6 Å². The molecule has 1 fully saturated rings. The van der Waals surface area contributed by atoms with Crippen molar-refractivity contribution in [3.63, 3.8) is 0 Å². The molecule has 1 aliphatic rings. The molecule has 130 valence electrons. The molecule has 6 heteroatoms. The Morgan fingerprint density at radius 1 is 1.12 bits per heavy atom. The number of aromatic carboxylic acids is 1. The molecule has 0 unspecified atom stereocenters. The summed E-state index contributed by atoms with van der Waals surface area (Å²) >= 11 is 0. The number of nitrogens with one attached hydrogen (secondary N) is 1. The lowest BCUT2D eigenvalue weighted by molar-refractivity contribution is 0.0693. The van der Waals surface area contributed by atoms with Crippen molar-refractivity contribution in [3.05, 3.63) is 70.8 Å². The Labute approximate surface area is 145 Å². The first-order valence-corrected chi connectivity index (χ1v) is 8.00. The SMILES string of the molecule is O=C(NC1(c2ccc(CO)c(C(=O)O)c2)CC1)OCc1ccccc1. The zero-order valence-electron chi connectivity index (χ0n) is 13.6. The van der Waals surface area contributed by atoms with E-state index in [9.17, 15) is 19.8 Å². The molecule has 0 atom stereocenters. The molecule has 0 spiro atoms. The van der Waals surface area contributed by atoms with Gasteiger partial charge in [-0.2, -0.15) is 0 Å². The third-order valence-electron chi connectivity index (χ3n) is 4.37. The Kier molecular flexibility index (Phi) is 4.72. The van der Waals surface area contributed by atoms with Gasteiger partial charge in [0.25, 0.3) is 0 Å².